The highest BCUT2D eigenvalue weighted by molar-refractivity contribution is 5.70. The van der Waals surface area contributed by atoms with Gasteiger partial charge in [-0.1, -0.05) is 0 Å². The van der Waals surface area contributed by atoms with Crippen LogP contribution >= 0.6 is 0 Å². The molecule has 100 valence electrons. The van der Waals surface area contributed by atoms with Gasteiger partial charge in [-0.3, -0.25) is 9.69 Å². The van der Waals surface area contributed by atoms with Gasteiger partial charge in [0.15, 0.2) is 0 Å². The van der Waals surface area contributed by atoms with E-state index in [0.29, 0.717) is 6.42 Å². The Labute approximate surface area is 104 Å². The molecule has 0 unspecified atom stereocenters. The molecule has 1 rings (SSSR count). The van der Waals surface area contributed by atoms with Gasteiger partial charge in [-0.25, -0.2) is 0 Å². The third-order valence-corrected chi connectivity index (χ3v) is 2.55. The van der Waals surface area contributed by atoms with Crippen LogP contribution in [-0.4, -0.2) is 48.3 Å². The number of morpholine rings is 1. The Kier molecular flexibility index (Phi) is 4.95. The maximum atomic E-state index is 11.6. The Bertz CT molecular complexity index is 250. The van der Waals surface area contributed by atoms with Crippen molar-refractivity contribution < 1.29 is 14.3 Å². The minimum Gasteiger partial charge on any atom is -0.460 e. The predicted octanol–water partition coefficient (Wildman–Crippen LogP) is 1.83. The summed E-state index contributed by atoms with van der Waals surface area (Å²) in [6, 6.07) is 0. The molecule has 0 aliphatic carbocycles. The van der Waals surface area contributed by atoms with E-state index in [1.807, 2.05) is 20.8 Å². The van der Waals surface area contributed by atoms with Gasteiger partial charge in [0.05, 0.1) is 18.6 Å². The van der Waals surface area contributed by atoms with E-state index in [1.165, 1.54) is 0 Å². The molecule has 17 heavy (non-hydrogen) atoms. The summed E-state index contributed by atoms with van der Waals surface area (Å²) in [6.45, 7) is 12.4. The maximum absolute atomic E-state index is 11.6. The lowest BCUT2D eigenvalue weighted by molar-refractivity contribution is -0.155. The average molecular weight is 243 g/mol. The highest BCUT2D eigenvalue weighted by atomic mass is 16.6. The van der Waals surface area contributed by atoms with Gasteiger partial charge in [-0.15, -0.1) is 0 Å². The molecule has 0 saturated carbocycles. The summed E-state index contributed by atoms with van der Waals surface area (Å²) in [4.78, 5) is 13.9. The maximum Gasteiger partial charge on any atom is 0.307 e. The van der Waals surface area contributed by atoms with E-state index >= 15 is 0 Å². The smallest absolute Gasteiger partial charge is 0.307 e. The fraction of sp³-hybridized carbons (Fsp3) is 0.923. The second kappa shape index (κ2) is 5.83. The van der Waals surface area contributed by atoms with Crippen LogP contribution in [0.4, 0.5) is 0 Å². The summed E-state index contributed by atoms with van der Waals surface area (Å²) in [6.07, 6.45) is 0.950. The molecule has 1 aliphatic heterocycles. The number of nitrogens with zero attached hydrogens (tertiary/aromatic N) is 1. The number of hydrogen-bond acceptors (Lipinski definition) is 4. The first kappa shape index (κ1) is 14.5. The highest BCUT2D eigenvalue weighted by Crippen LogP contribution is 2.12. The van der Waals surface area contributed by atoms with Crippen molar-refractivity contribution in [2.45, 2.75) is 58.8 Å². The molecule has 0 radical (unpaired) electrons. The topological polar surface area (TPSA) is 38.8 Å². The third kappa shape index (κ3) is 6.03. The zero-order chi connectivity index (χ0) is 13.1. The molecule has 4 nitrogen and oxygen atoms in total. The van der Waals surface area contributed by atoms with Crippen LogP contribution in [0.1, 0.15) is 41.0 Å². The third-order valence-electron chi connectivity index (χ3n) is 2.55. The van der Waals surface area contributed by atoms with Crippen LogP contribution in [0.2, 0.25) is 0 Å². The van der Waals surface area contributed by atoms with Crippen LogP contribution in [0, 0.1) is 0 Å². The van der Waals surface area contributed by atoms with Crippen LogP contribution in [-0.2, 0) is 14.3 Å². The second-order valence-electron chi connectivity index (χ2n) is 5.85. The van der Waals surface area contributed by atoms with Crippen LogP contribution in [0.15, 0.2) is 0 Å². The Hall–Kier alpha value is -0.610. The fourth-order valence-electron chi connectivity index (χ4n) is 2.11. The average Bonchev–Trinajstić information content (AvgIpc) is 2.10. The van der Waals surface area contributed by atoms with Gasteiger partial charge >= 0.3 is 5.97 Å². The summed E-state index contributed by atoms with van der Waals surface area (Å²) in [5.41, 5.74) is -0.386. The number of hydrogen-bond donors (Lipinski definition) is 0. The monoisotopic (exact) mass is 243 g/mol. The standard InChI is InChI=1S/C13H25NO3/c1-10-8-14(9-11(2)16-10)7-6-12(15)17-13(3,4)5/h10-11H,6-9H2,1-5H3/t10-,11+. The number of carbonyl (C=O) groups excluding carboxylic acids is 1. The van der Waals surface area contributed by atoms with Gasteiger partial charge < -0.3 is 9.47 Å². The van der Waals surface area contributed by atoms with Gasteiger partial charge in [0.25, 0.3) is 0 Å². The highest BCUT2D eigenvalue weighted by Gasteiger charge is 2.23. The molecule has 0 aromatic rings. The van der Waals surface area contributed by atoms with E-state index in [1.54, 1.807) is 0 Å². The largest absolute Gasteiger partial charge is 0.460 e. The Morgan fingerprint density at radius 3 is 2.29 bits per heavy atom. The molecule has 1 saturated heterocycles. The van der Waals surface area contributed by atoms with Crippen molar-refractivity contribution >= 4 is 5.97 Å². The first-order valence-corrected chi connectivity index (χ1v) is 6.36. The minimum atomic E-state index is -0.386. The van der Waals surface area contributed by atoms with Crippen molar-refractivity contribution in [3.63, 3.8) is 0 Å². The molecule has 2 atom stereocenters. The van der Waals surface area contributed by atoms with E-state index in [0.717, 1.165) is 19.6 Å². The molecular weight excluding hydrogens is 218 g/mol. The quantitative estimate of drug-likeness (QED) is 0.709. The molecule has 4 heteroatoms. The van der Waals surface area contributed by atoms with E-state index in [-0.39, 0.29) is 23.8 Å². The van der Waals surface area contributed by atoms with Crippen LogP contribution < -0.4 is 0 Å². The zero-order valence-electron chi connectivity index (χ0n) is 11.7. The van der Waals surface area contributed by atoms with Crippen molar-refractivity contribution in [2.24, 2.45) is 0 Å². The van der Waals surface area contributed by atoms with Gasteiger partial charge in [0.2, 0.25) is 0 Å². The lowest BCUT2D eigenvalue weighted by Gasteiger charge is -2.35. The van der Waals surface area contributed by atoms with Gasteiger partial charge in [0, 0.05) is 19.6 Å². The van der Waals surface area contributed by atoms with Crippen LogP contribution in [0.5, 0.6) is 0 Å². The van der Waals surface area contributed by atoms with E-state index in [4.69, 9.17) is 9.47 Å². The first-order chi connectivity index (χ1) is 7.76. The molecular formula is C13H25NO3. The first-order valence-electron chi connectivity index (χ1n) is 6.36. The van der Waals surface area contributed by atoms with Gasteiger partial charge in [0.1, 0.15) is 5.60 Å². The molecule has 0 aromatic carbocycles. The molecule has 1 heterocycles. The molecule has 1 aliphatic rings. The van der Waals surface area contributed by atoms with Gasteiger partial charge in [-0.05, 0) is 34.6 Å². The Morgan fingerprint density at radius 1 is 1.29 bits per heavy atom. The lowest BCUT2D eigenvalue weighted by atomic mass is 10.2. The SMILES string of the molecule is C[C@@H]1CN(CCC(=O)OC(C)(C)C)C[C@H](C)O1. The van der Waals surface area contributed by atoms with Crippen molar-refractivity contribution in [1.29, 1.82) is 0 Å². The van der Waals surface area contributed by atoms with Crippen LogP contribution in [0.25, 0.3) is 0 Å². The van der Waals surface area contributed by atoms with Gasteiger partial charge in [-0.2, -0.15) is 0 Å². The summed E-state index contributed by atoms with van der Waals surface area (Å²) in [7, 11) is 0. The molecule has 0 amide bonds. The lowest BCUT2D eigenvalue weighted by Crippen LogP contribution is -2.46. The normalized spacial score (nSPS) is 26.9. The second-order valence-corrected chi connectivity index (χ2v) is 5.85. The minimum absolute atomic E-state index is 0.121. The zero-order valence-corrected chi connectivity index (χ0v) is 11.7. The predicted molar refractivity (Wildman–Crippen MR) is 66.9 cm³/mol. The van der Waals surface area contributed by atoms with E-state index in [9.17, 15) is 4.79 Å². The molecule has 0 aromatic heterocycles. The molecule has 1 fully saturated rings. The summed E-state index contributed by atoms with van der Waals surface area (Å²) < 4.78 is 10.9. The number of esters is 1. The molecule has 0 spiro atoms. The Balaban J connectivity index is 2.28. The van der Waals surface area contributed by atoms with Crippen LogP contribution in [0.3, 0.4) is 0 Å². The fourth-order valence-corrected chi connectivity index (χ4v) is 2.11. The van der Waals surface area contributed by atoms with E-state index < -0.39 is 0 Å². The summed E-state index contributed by atoms with van der Waals surface area (Å²) in [5, 5.41) is 0. The van der Waals surface area contributed by atoms with Crippen molar-refractivity contribution in [1.82, 2.24) is 4.90 Å². The number of rotatable bonds is 3. The Morgan fingerprint density at radius 2 is 1.82 bits per heavy atom. The van der Waals surface area contributed by atoms with Crippen molar-refractivity contribution in [2.75, 3.05) is 19.6 Å². The molecule has 0 bridgehead atoms. The number of ether oxygens (including phenoxy) is 2. The summed E-state index contributed by atoms with van der Waals surface area (Å²) >= 11 is 0. The molecule has 0 N–H and O–H groups in total. The van der Waals surface area contributed by atoms with Crippen molar-refractivity contribution in [3.8, 4) is 0 Å². The summed E-state index contributed by atoms with van der Waals surface area (Å²) in [5.74, 6) is -0.121. The van der Waals surface area contributed by atoms with E-state index in [2.05, 4.69) is 18.7 Å². The van der Waals surface area contributed by atoms with Crippen molar-refractivity contribution in [3.05, 3.63) is 0 Å². The number of carbonyl (C=O) groups is 1.